The second kappa shape index (κ2) is 5.37. The fourth-order valence-corrected chi connectivity index (χ4v) is 3.10. The minimum absolute atomic E-state index is 0.749. The molecule has 0 atom stereocenters. The highest BCUT2D eigenvalue weighted by Gasteiger charge is 2.12. The highest BCUT2D eigenvalue weighted by molar-refractivity contribution is 7.99. The average molecular weight is 299 g/mol. The minimum Gasteiger partial charge on any atom is -0.373 e. The van der Waals surface area contributed by atoms with E-state index in [2.05, 4.69) is 44.3 Å². The van der Waals surface area contributed by atoms with E-state index in [0.29, 0.717) is 0 Å². The van der Waals surface area contributed by atoms with E-state index in [9.17, 15) is 0 Å². The van der Waals surface area contributed by atoms with E-state index in [4.69, 9.17) is 0 Å². The van der Waals surface area contributed by atoms with Gasteiger partial charge in [0, 0.05) is 12.6 Å². The third-order valence-electron chi connectivity index (χ3n) is 3.26. The van der Waals surface area contributed by atoms with E-state index in [0.717, 1.165) is 38.4 Å². The first-order valence-corrected chi connectivity index (χ1v) is 7.55. The molecule has 0 aliphatic heterocycles. The number of nitrogens with one attached hydrogen (secondary N) is 2. The van der Waals surface area contributed by atoms with Gasteiger partial charge in [0.1, 0.15) is 16.7 Å². The maximum Gasteiger partial charge on any atom is 0.172 e. The van der Waals surface area contributed by atoms with Gasteiger partial charge in [0.15, 0.2) is 5.16 Å². The van der Waals surface area contributed by atoms with Gasteiger partial charge >= 0.3 is 0 Å². The van der Waals surface area contributed by atoms with Gasteiger partial charge in [-0.15, -0.1) is 0 Å². The quantitative estimate of drug-likeness (QED) is 0.725. The third kappa shape index (κ3) is 2.71. The number of aryl methyl sites for hydroxylation is 2. The van der Waals surface area contributed by atoms with Crippen molar-refractivity contribution in [3.05, 3.63) is 35.2 Å². The maximum absolute atomic E-state index is 4.60. The Labute approximate surface area is 127 Å². The Kier molecular flexibility index (Phi) is 3.55. The molecule has 2 aromatic heterocycles. The molecule has 0 unspecified atom stereocenters. The van der Waals surface area contributed by atoms with Crippen molar-refractivity contribution >= 4 is 28.6 Å². The normalized spacial score (nSPS) is 11.0. The number of hydrogen-bond acceptors (Lipinski definition) is 5. The highest BCUT2D eigenvalue weighted by atomic mass is 32.2. The molecule has 0 aliphatic rings. The molecule has 2 N–H and O–H groups in total. The van der Waals surface area contributed by atoms with Crippen LogP contribution >= 0.6 is 11.8 Å². The van der Waals surface area contributed by atoms with Crippen molar-refractivity contribution in [2.24, 2.45) is 0 Å². The number of imidazole rings is 1. The van der Waals surface area contributed by atoms with E-state index in [1.165, 1.54) is 17.3 Å². The summed E-state index contributed by atoms with van der Waals surface area (Å²) < 4.78 is 0. The van der Waals surface area contributed by atoms with Crippen LogP contribution in [0.25, 0.3) is 11.0 Å². The minimum atomic E-state index is 0.749. The van der Waals surface area contributed by atoms with E-state index in [1.54, 1.807) is 0 Å². The number of H-pyrrole nitrogens is 1. The van der Waals surface area contributed by atoms with E-state index in [-0.39, 0.29) is 0 Å². The molecule has 0 radical (unpaired) electrons. The molecule has 0 saturated heterocycles. The number of hydrogen-bond donors (Lipinski definition) is 2. The Bertz CT molecular complexity index is 809. The van der Waals surface area contributed by atoms with Crippen LogP contribution in [0.15, 0.2) is 28.4 Å². The monoisotopic (exact) mass is 299 g/mol. The van der Waals surface area contributed by atoms with Crippen molar-refractivity contribution in [1.82, 2.24) is 19.9 Å². The Balaban J connectivity index is 2.00. The standard InChI is InChI=1S/C15H17N5S/c1-8-5-6-11-12(7-8)20-15(19-11)21-14-9(2)13(16-4)17-10(3)18-14/h5-7H,1-4H3,(H,19,20)(H,16,17,18). The summed E-state index contributed by atoms with van der Waals surface area (Å²) >= 11 is 1.53. The van der Waals surface area contributed by atoms with Crippen LogP contribution in [0.5, 0.6) is 0 Å². The number of anilines is 1. The summed E-state index contributed by atoms with van der Waals surface area (Å²) in [6.45, 7) is 5.98. The Hall–Kier alpha value is -2.08. The molecule has 3 aromatic rings. The van der Waals surface area contributed by atoms with Gasteiger partial charge in [-0.25, -0.2) is 15.0 Å². The largest absolute Gasteiger partial charge is 0.373 e. The van der Waals surface area contributed by atoms with Crippen molar-refractivity contribution in [3.63, 3.8) is 0 Å². The number of fused-ring (bicyclic) bond motifs is 1. The van der Waals surface area contributed by atoms with Gasteiger partial charge in [0.05, 0.1) is 11.0 Å². The van der Waals surface area contributed by atoms with E-state index < -0.39 is 0 Å². The lowest BCUT2D eigenvalue weighted by Crippen LogP contribution is -2.02. The van der Waals surface area contributed by atoms with Gasteiger partial charge in [-0.1, -0.05) is 6.07 Å². The molecule has 108 valence electrons. The van der Waals surface area contributed by atoms with Crippen LogP contribution in [-0.4, -0.2) is 27.0 Å². The third-order valence-corrected chi connectivity index (χ3v) is 4.24. The van der Waals surface area contributed by atoms with Crippen LogP contribution in [0.3, 0.4) is 0 Å². The fraction of sp³-hybridized carbons (Fsp3) is 0.267. The van der Waals surface area contributed by atoms with Gasteiger partial charge < -0.3 is 10.3 Å². The highest BCUT2D eigenvalue weighted by Crippen LogP contribution is 2.30. The molecule has 1 aromatic carbocycles. The molecule has 3 rings (SSSR count). The van der Waals surface area contributed by atoms with Crippen molar-refractivity contribution in [2.75, 3.05) is 12.4 Å². The molecule has 0 bridgehead atoms. The topological polar surface area (TPSA) is 66.5 Å². The molecule has 0 fully saturated rings. The van der Waals surface area contributed by atoms with Gasteiger partial charge in [0.25, 0.3) is 0 Å². The summed E-state index contributed by atoms with van der Waals surface area (Å²) in [5.74, 6) is 1.61. The zero-order chi connectivity index (χ0) is 15.0. The zero-order valence-electron chi connectivity index (χ0n) is 12.5. The summed E-state index contributed by atoms with van der Waals surface area (Å²) in [5.41, 5.74) is 4.27. The molecule has 5 nitrogen and oxygen atoms in total. The lowest BCUT2D eigenvalue weighted by atomic mass is 10.2. The molecule has 6 heteroatoms. The summed E-state index contributed by atoms with van der Waals surface area (Å²) in [7, 11) is 1.87. The predicted octanol–water partition coefficient (Wildman–Crippen LogP) is 3.47. The Morgan fingerprint density at radius 1 is 1.10 bits per heavy atom. The first-order valence-electron chi connectivity index (χ1n) is 6.74. The fourth-order valence-electron chi connectivity index (χ4n) is 2.19. The second-order valence-corrected chi connectivity index (χ2v) is 5.94. The number of aromatic nitrogens is 4. The van der Waals surface area contributed by atoms with E-state index in [1.807, 2.05) is 27.0 Å². The van der Waals surface area contributed by atoms with Crippen molar-refractivity contribution in [1.29, 1.82) is 0 Å². The van der Waals surface area contributed by atoms with Crippen molar-refractivity contribution in [3.8, 4) is 0 Å². The van der Waals surface area contributed by atoms with Crippen molar-refractivity contribution < 1.29 is 0 Å². The lowest BCUT2D eigenvalue weighted by Gasteiger charge is -2.08. The van der Waals surface area contributed by atoms with Gasteiger partial charge in [-0.2, -0.15) is 0 Å². The Morgan fingerprint density at radius 3 is 2.67 bits per heavy atom. The maximum atomic E-state index is 4.60. The first kappa shape index (κ1) is 13.9. The summed E-state index contributed by atoms with van der Waals surface area (Å²) in [4.78, 5) is 16.8. The van der Waals surface area contributed by atoms with Gasteiger partial charge in [-0.05, 0) is 50.2 Å². The summed E-state index contributed by atoms with van der Waals surface area (Å²) in [6, 6.07) is 6.20. The number of nitrogens with zero attached hydrogens (tertiary/aromatic N) is 3. The Morgan fingerprint density at radius 2 is 1.90 bits per heavy atom. The molecule has 2 heterocycles. The zero-order valence-corrected chi connectivity index (χ0v) is 13.3. The van der Waals surface area contributed by atoms with Crippen molar-refractivity contribution in [2.45, 2.75) is 31.0 Å². The SMILES string of the molecule is CNc1nc(C)nc(Sc2nc3ccc(C)cc3[nH]2)c1C. The summed E-state index contributed by atoms with van der Waals surface area (Å²) in [6.07, 6.45) is 0. The second-order valence-electron chi connectivity index (χ2n) is 4.96. The molecular formula is C15H17N5S. The predicted molar refractivity (Wildman–Crippen MR) is 86.0 cm³/mol. The van der Waals surface area contributed by atoms with Gasteiger partial charge in [0.2, 0.25) is 0 Å². The summed E-state index contributed by atoms with van der Waals surface area (Å²) in [5, 5.41) is 4.87. The van der Waals surface area contributed by atoms with Crippen LogP contribution in [0.2, 0.25) is 0 Å². The van der Waals surface area contributed by atoms with Gasteiger partial charge in [-0.3, -0.25) is 0 Å². The van der Waals surface area contributed by atoms with E-state index >= 15 is 0 Å². The molecule has 0 spiro atoms. The number of aromatic amines is 1. The smallest absolute Gasteiger partial charge is 0.172 e. The molecular weight excluding hydrogens is 282 g/mol. The van der Waals surface area contributed by atoms with Crippen LogP contribution in [-0.2, 0) is 0 Å². The first-order chi connectivity index (χ1) is 10.1. The number of benzene rings is 1. The molecule has 0 amide bonds. The molecule has 0 aliphatic carbocycles. The number of rotatable bonds is 3. The van der Waals surface area contributed by atoms with Crippen LogP contribution in [0, 0.1) is 20.8 Å². The lowest BCUT2D eigenvalue weighted by molar-refractivity contribution is 0.934. The van der Waals surface area contributed by atoms with Crippen LogP contribution in [0.1, 0.15) is 17.0 Å². The molecule has 0 saturated carbocycles. The van der Waals surface area contributed by atoms with Crippen LogP contribution < -0.4 is 5.32 Å². The van der Waals surface area contributed by atoms with Crippen LogP contribution in [0.4, 0.5) is 5.82 Å². The molecule has 21 heavy (non-hydrogen) atoms. The average Bonchev–Trinajstić information content (AvgIpc) is 2.83.